The Bertz CT molecular complexity index is 530. The van der Waals surface area contributed by atoms with Gasteiger partial charge in [-0.05, 0) is 38.8 Å². The quantitative estimate of drug-likeness (QED) is 0.829. The van der Waals surface area contributed by atoms with Crippen LogP contribution < -0.4 is 5.32 Å². The monoisotopic (exact) mass is 229 g/mol. The van der Waals surface area contributed by atoms with E-state index in [1.807, 2.05) is 14.0 Å². The van der Waals surface area contributed by atoms with Gasteiger partial charge in [0, 0.05) is 12.6 Å². The zero-order valence-corrected chi connectivity index (χ0v) is 11.1. The van der Waals surface area contributed by atoms with E-state index >= 15 is 0 Å². The van der Waals surface area contributed by atoms with Crippen molar-refractivity contribution in [3.8, 4) is 11.3 Å². The highest BCUT2D eigenvalue weighted by molar-refractivity contribution is 5.80. The highest BCUT2D eigenvalue weighted by Gasteiger charge is 2.15. The largest absolute Gasteiger partial charge is 0.385 e. The van der Waals surface area contributed by atoms with Gasteiger partial charge in [0.1, 0.15) is 5.69 Å². The molecule has 3 nitrogen and oxygen atoms in total. The number of hydrogen-bond donors (Lipinski definition) is 2. The van der Waals surface area contributed by atoms with E-state index in [0.29, 0.717) is 0 Å². The molecule has 0 atom stereocenters. The number of nitrogens with zero attached hydrogens (tertiary/aromatic N) is 1. The molecule has 0 aliphatic heterocycles. The molecule has 1 aromatic heterocycles. The lowest BCUT2D eigenvalue weighted by atomic mass is 9.96. The molecule has 0 unspecified atom stereocenters. The maximum Gasteiger partial charge on any atom is 0.116 e. The molecular formula is C14H19N3. The predicted molar refractivity (Wildman–Crippen MR) is 72.5 cm³/mol. The summed E-state index contributed by atoms with van der Waals surface area (Å²) in [7, 11) is 1.93. The third-order valence-corrected chi connectivity index (χ3v) is 3.11. The Labute approximate surface area is 102 Å². The van der Waals surface area contributed by atoms with Crippen LogP contribution in [0.3, 0.4) is 0 Å². The SMILES string of the molecule is CNc1c(-c2c(C)cc(C)cc2C)n[nH]c1C. The van der Waals surface area contributed by atoms with E-state index in [0.717, 1.165) is 17.1 Å². The second kappa shape index (κ2) is 4.24. The average Bonchev–Trinajstić information content (AvgIpc) is 2.58. The molecule has 2 N–H and O–H groups in total. The van der Waals surface area contributed by atoms with Crippen molar-refractivity contribution in [3.63, 3.8) is 0 Å². The number of rotatable bonds is 2. The van der Waals surface area contributed by atoms with E-state index in [1.165, 1.54) is 22.3 Å². The number of anilines is 1. The van der Waals surface area contributed by atoms with Gasteiger partial charge in [0.15, 0.2) is 0 Å². The Kier molecular flexibility index (Phi) is 2.92. The first-order valence-electron chi connectivity index (χ1n) is 5.85. The first-order valence-corrected chi connectivity index (χ1v) is 5.85. The van der Waals surface area contributed by atoms with Crippen molar-refractivity contribution in [2.75, 3.05) is 12.4 Å². The van der Waals surface area contributed by atoms with Crippen LogP contribution in [0.5, 0.6) is 0 Å². The summed E-state index contributed by atoms with van der Waals surface area (Å²) in [5.74, 6) is 0. The van der Waals surface area contributed by atoms with Crippen molar-refractivity contribution in [1.82, 2.24) is 10.2 Å². The molecule has 0 aliphatic carbocycles. The number of aryl methyl sites for hydroxylation is 4. The molecule has 0 saturated heterocycles. The van der Waals surface area contributed by atoms with E-state index in [1.54, 1.807) is 0 Å². The molecule has 0 radical (unpaired) electrons. The van der Waals surface area contributed by atoms with Crippen molar-refractivity contribution in [2.45, 2.75) is 27.7 Å². The van der Waals surface area contributed by atoms with Gasteiger partial charge in [-0.1, -0.05) is 17.7 Å². The molecule has 0 saturated carbocycles. The summed E-state index contributed by atoms with van der Waals surface area (Å²) in [6.45, 7) is 8.43. The van der Waals surface area contributed by atoms with Crippen molar-refractivity contribution >= 4 is 5.69 Å². The fourth-order valence-electron chi connectivity index (χ4n) is 2.47. The second-order valence-corrected chi connectivity index (χ2v) is 4.60. The van der Waals surface area contributed by atoms with Crippen LogP contribution in [0.4, 0.5) is 5.69 Å². The summed E-state index contributed by atoms with van der Waals surface area (Å²) in [6, 6.07) is 4.40. The Morgan fingerprint density at radius 2 is 1.65 bits per heavy atom. The summed E-state index contributed by atoms with van der Waals surface area (Å²) in [5, 5.41) is 10.7. The van der Waals surface area contributed by atoms with Crippen LogP contribution in [0, 0.1) is 27.7 Å². The van der Waals surface area contributed by atoms with Crippen molar-refractivity contribution in [3.05, 3.63) is 34.5 Å². The van der Waals surface area contributed by atoms with E-state index in [4.69, 9.17) is 0 Å². The standard InChI is InChI=1S/C14H19N3/c1-8-6-9(2)12(10(3)7-8)14-13(15-5)11(4)16-17-14/h6-7,15H,1-5H3,(H,16,17). The maximum absolute atomic E-state index is 4.42. The molecule has 2 rings (SSSR count). The summed E-state index contributed by atoms with van der Waals surface area (Å²) < 4.78 is 0. The van der Waals surface area contributed by atoms with E-state index in [9.17, 15) is 0 Å². The summed E-state index contributed by atoms with van der Waals surface area (Å²) in [5.41, 5.74) is 8.23. The molecule has 90 valence electrons. The third kappa shape index (κ3) is 1.93. The van der Waals surface area contributed by atoms with Gasteiger partial charge in [-0.3, -0.25) is 5.10 Å². The highest BCUT2D eigenvalue weighted by Crippen LogP contribution is 2.33. The maximum atomic E-state index is 4.42. The van der Waals surface area contributed by atoms with Crippen LogP contribution >= 0.6 is 0 Å². The molecule has 17 heavy (non-hydrogen) atoms. The number of H-pyrrole nitrogens is 1. The fourth-order valence-corrected chi connectivity index (χ4v) is 2.47. The highest BCUT2D eigenvalue weighted by atomic mass is 15.1. The van der Waals surface area contributed by atoms with E-state index < -0.39 is 0 Å². The van der Waals surface area contributed by atoms with E-state index in [-0.39, 0.29) is 0 Å². The predicted octanol–water partition coefficient (Wildman–Crippen LogP) is 3.35. The van der Waals surface area contributed by atoms with Crippen LogP contribution in [0.25, 0.3) is 11.3 Å². The van der Waals surface area contributed by atoms with E-state index in [2.05, 4.69) is 48.4 Å². The van der Waals surface area contributed by atoms with Gasteiger partial charge >= 0.3 is 0 Å². The fraction of sp³-hybridized carbons (Fsp3) is 0.357. The minimum Gasteiger partial charge on any atom is -0.385 e. The van der Waals surface area contributed by atoms with Gasteiger partial charge in [0.25, 0.3) is 0 Å². The molecule has 3 heteroatoms. The van der Waals surface area contributed by atoms with Gasteiger partial charge in [0.2, 0.25) is 0 Å². The third-order valence-electron chi connectivity index (χ3n) is 3.11. The molecule has 0 amide bonds. The molecule has 0 spiro atoms. The molecule has 0 aliphatic rings. The Morgan fingerprint density at radius 3 is 2.18 bits per heavy atom. The Hall–Kier alpha value is -1.77. The van der Waals surface area contributed by atoms with Crippen LogP contribution in [-0.2, 0) is 0 Å². The zero-order chi connectivity index (χ0) is 12.6. The van der Waals surface area contributed by atoms with Gasteiger partial charge in [-0.15, -0.1) is 0 Å². The number of aromatic nitrogens is 2. The van der Waals surface area contributed by atoms with Crippen LogP contribution in [0.1, 0.15) is 22.4 Å². The topological polar surface area (TPSA) is 40.7 Å². The zero-order valence-electron chi connectivity index (χ0n) is 11.1. The number of benzene rings is 1. The summed E-state index contributed by atoms with van der Waals surface area (Å²) >= 11 is 0. The van der Waals surface area contributed by atoms with Gasteiger partial charge in [-0.25, -0.2) is 0 Å². The molecular weight excluding hydrogens is 210 g/mol. The lowest BCUT2D eigenvalue weighted by Gasteiger charge is -2.11. The van der Waals surface area contributed by atoms with Crippen LogP contribution in [-0.4, -0.2) is 17.2 Å². The van der Waals surface area contributed by atoms with Gasteiger partial charge in [-0.2, -0.15) is 5.10 Å². The minimum absolute atomic E-state index is 1.01. The smallest absolute Gasteiger partial charge is 0.116 e. The van der Waals surface area contributed by atoms with Gasteiger partial charge < -0.3 is 5.32 Å². The molecule has 1 heterocycles. The number of aromatic amines is 1. The van der Waals surface area contributed by atoms with Crippen LogP contribution in [0.15, 0.2) is 12.1 Å². The first-order chi connectivity index (χ1) is 8.04. The number of hydrogen-bond acceptors (Lipinski definition) is 2. The Balaban J connectivity index is 2.68. The molecule has 0 bridgehead atoms. The van der Waals surface area contributed by atoms with Crippen molar-refractivity contribution < 1.29 is 0 Å². The summed E-state index contributed by atoms with van der Waals surface area (Å²) in [6.07, 6.45) is 0. The average molecular weight is 229 g/mol. The lowest BCUT2D eigenvalue weighted by Crippen LogP contribution is -1.95. The van der Waals surface area contributed by atoms with Crippen molar-refractivity contribution in [2.24, 2.45) is 0 Å². The first kappa shape index (κ1) is 11.7. The summed E-state index contributed by atoms with van der Waals surface area (Å²) in [4.78, 5) is 0. The van der Waals surface area contributed by atoms with Gasteiger partial charge in [0.05, 0.1) is 11.4 Å². The molecule has 1 aromatic carbocycles. The van der Waals surface area contributed by atoms with Crippen LogP contribution in [0.2, 0.25) is 0 Å². The molecule has 0 fully saturated rings. The van der Waals surface area contributed by atoms with Crippen molar-refractivity contribution in [1.29, 1.82) is 0 Å². The second-order valence-electron chi connectivity index (χ2n) is 4.60. The minimum atomic E-state index is 1.01. The molecule has 2 aromatic rings. The lowest BCUT2D eigenvalue weighted by molar-refractivity contribution is 1.05. The Morgan fingerprint density at radius 1 is 1.06 bits per heavy atom. The number of nitrogens with one attached hydrogen (secondary N) is 2. The normalized spacial score (nSPS) is 10.6.